The topological polar surface area (TPSA) is 21.3 Å². The molecule has 16 heavy (non-hydrogen) atoms. The number of hydrogen-bond acceptors (Lipinski definition) is 2. The molecule has 1 aliphatic carbocycles. The zero-order valence-electron chi connectivity index (χ0n) is 10.2. The number of hydrogen-bond donors (Lipinski definition) is 1. The van der Waals surface area contributed by atoms with Crippen LogP contribution in [-0.2, 0) is 4.74 Å². The van der Waals surface area contributed by atoms with Crippen molar-refractivity contribution in [3.8, 4) is 0 Å². The van der Waals surface area contributed by atoms with Gasteiger partial charge in [-0.1, -0.05) is 29.8 Å². The highest BCUT2D eigenvalue weighted by atomic mass is 16.5. The van der Waals surface area contributed by atoms with E-state index in [9.17, 15) is 0 Å². The largest absolute Gasteiger partial charge is 0.379 e. The molecule has 0 spiro atoms. The maximum absolute atomic E-state index is 5.74. The monoisotopic (exact) mass is 219 g/mol. The van der Waals surface area contributed by atoms with Crippen LogP contribution in [0.5, 0.6) is 0 Å². The van der Waals surface area contributed by atoms with E-state index in [0.29, 0.717) is 6.04 Å². The summed E-state index contributed by atoms with van der Waals surface area (Å²) < 4.78 is 5.74. The van der Waals surface area contributed by atoms with Gasteiger partial charge in [-0.3, -0.25) is 0 Å². The van der Waals surface area contributed by atoms with Crippen LogP contribution < -0.4 is 5.32 Å². The zero-order valence-corrected chi connectivity index (χ0v) is 10.2. The van der Waals surface area contributed by atoms with Crippen LogP contribution in [-0.4, -0.2) is 20.3 Å². The van der Waals surface area contributed by atoms with E-state index < -0.39 is 0 Å². The quantitative estimate of drug-likeness (QED) is 0.794. The highest BCUT2D eigenvalue weighted by molar-refractivity contribution is 5.25. The summed E-state index contributed by atoms with van der Waals surface area (Å²) >= 11 is 0. The Morgan fingerprint density at radius 3 is 2.88 bits per heavy atom. The lowest BCUT2D eigenvalue weighted by molar-refractivity contribution is 0.105. The molecule has 0 radical (unpaired) electrons. The minimum absolute atomic E-state index is 0.318. The normalized spacial score (nSPS) is 17.4. The lowest BCUT2D eigenvalue weighted by Gasteiger charge is -2.17. The molecule has 1 unspecified atom stereocenters. The Labute approximate surface area is 98.0 Å². The van der Waals surface area contributed by atoms with Gasteiger partial charge in [-0.2, -0.15) is 0 Å². The van der Waals surface area contributed by atoms with Crippen molar-refractivity contribution in [3.05, 3.63) is 35.4 Å². The second-order valence-electron chi connectivity index (χ2n) is 4.74. The molecule has 2 rings (SSSR count). The van der Waals surface area contributed by atoms with Crippen LogP contribution >= 0.6 is 0 Å². The molecular formula is C14H21NO. The van der Waals surface area contributed by atoms with Gasteiger partial charge in [0.1, 0.15) is 0 Å². The predicted molar refractivity (Wildman–Crippen MR) is 66.5 cm³/mol. The summed E-state index contributed by atoms with van der Waals surface area (Å²) in [7, 11) is 1.99. The van der Waals surface area contributed by atoms with E-state index >= 15 is 0 Å². The molecule has 0 amide bonds. The van der Waals surface area contributed by atoms with Gasteiger partial charge in [-0.25, -0.2) is 0 Å². The van der Waals surface area contributed by atoms with Crippen molar-refractivity contribution in [2.45, 2.75) is 25.8 Å². The molecule has 0 aromatic heterocycles. The molecular weight excluding hydrogens is 198 g/mol. The summed E-state index contributed by atoms with van der Waals surface area (Å²) in [5, 5.41) is 3.31. The molecule has 0 bridgehead atoms. The molecule has 1 saturated carbocycles. The lowest BCUT2D eigenvalue weighted by Crippen LogP contribution is -2.22. The lowest BCUT2D eigenvalue weighted by atomic mass is 10.1. The smallest absolute Gasteiger partial charge is 0.0661 e. The van der Waals surface area contributed by atoms with Crippen molar-refractivity contribution >= 4 is 0 Å². The minimum atomic E-state index is 0.318. The highest BCUT2D eigenvalue weighted by Gasteiger charge is 2.21. The summed E-state index contributed by atoms with van der Waals surface area (Å²) in [5.74, 6) is 0.843. The fraction of sp³-hybridized carbons (Fsp3) is 0.571. The number of aryl methyl sites for hydroxylation is 1. The molecule has 1 N–H and O–H groups in total. The Balaban J connectivity index is 1.87. The Morgan fingerprint density at radius 1 is 1.44 bits per heavy atom. The molecule has 88 valence electrons. The van der Waals surface area contributed by atoms with Crippen molar-refractivity contribution < 1.29 is 4.74 Å². The van der Waals surface area contributed by atoms with Crippen LogP contribution in [0, 0.1) is 12.8 Å². The van der Waals surface area contributed by atoms with Crippen molar-refractivity contribution in [1.82, 2.24) is 5.32 Å². The van der Waals surface area contributed by atoms with Crippen molar-refractivity contribution in [3.63, 3.8) is 0 Å². The number of rotatable bonds is 6. The van der Waals surface area contributed by atoms with Crippen LogP contribution in [0.4, 0.5) is 0 Å². The van der Waals surface area contributed by atoms with Gasteiger partial charge < -0.3 is 10.1 Å². The zero-order chi connectivity index (χ0) is 11.4. The number of nitrogens with one attached hydrogen (secondary N) is 1. The first-order valence-electron chi connectivity index (χ1n) is 6.11. The summed E-state index contributed by atoms with van der Waals surface area (Å²) in [4.78, 5) is 0. The Morgan fingerprint density at radius 2 is 2.25 bits per heavy atom. The molecule has 0 heterocycles. The van der Waals surface area contributed by atoms with E-state index in [1.54, 1.807) is 0 Å². The summed E-state index contributed by atoms with van der Waals surface area (Å²) in [6.45, 7) is 3.84. The molecule has 2 nitrogen and oxygen atoms in total. The Hall–Kier alpha value is -0.860. The second kappa shape index (κ2) is 5.46. The van der Waals surface area contributed by atoms with Gasteiger partial charge in [0.05, 0.1) is 12.6 Å². The van der Waals surface area contributed by atoms with Gasteiger partial charge in [0, 0.05) is 6.61 Å². The maximum Gasteiger partial charge on any atom is 0.0661 e. The van der Waals surface area contributed by atoms with E-state index in [0.717, 1.165) is 19.1 Å². The molecule has 1 fully saturated rings. The number of ether oxygens (including phenoxy) is 1. The van der Waals surface area contributed by atoms with Gasteiger partial charge in [0.25, 0.3) is 0 Å². The van der Waals surface area contributed by atoms with Crippen LogP contribution in [0.1, 0.15) is 30.0 Å². The molecule has 1 atom stereocenters. The van der Waals surface area contributed by atoms with Crippen LogP contribution in [0.2, 0.25) is 0 Å². The van der Waals surface area contributed by atoms with Crippen LogP contribution in [0.15, 0.2) is 24.3 Å². The molecule has 0 aliphatic heterocycles. The third-order valence-corrected chi connectivity index (χ3v) is 3.13. The van der Waals surface area contributed by atoms with Crippen molar-refractivity contribution in [2.75, 3.05) is 20.3 Å². The fourth-order valence-electron chi connectivity index (χ4n) is 1.87. The van der Waals surface area contributed by atoms with E-state index in [4.69, 9.17) is 4.74 Å². The minimum Gasteiger partial charge on any atom is -0.379 e. The summed E-state index contributed by atoms with van der Waals surface area (Å²) in [6, 6.07) is 8.94. The fourth-order valence-corrected chi connectivity index (χ4v) is 1.87. The average molecular weight is 219 g/mol. The summed E-state index contributed by atoms with van der Waals surface area (Å²) in [6.07, 6.45) is 2.71. The Bertz CT molecular complexity index is 333. The van der Waals surface area contributed by atoms with Crippen molar-refractivity contribution in [1.29, 1.82) is 0 Å². The van der Waals surface area contributed by atoms with Crippen LogP contribution in [0.3, 0.4) is 0 Å². The van der Waals surface area contributed by atoms with Gasteiger partial charge in [-0.05, 0) is 38.3 Å². The van der Waals surface area contributed by atoms with Gasteiger partial charge in [0.2, 0.25) is 0 Å². The third-order valence-electron chi connectivity index (χ3n) is 3.13. The second-order valence-corrected chi connectivity index (χ2v) is 4.74. The molecule has 1 aliphatic rings. The molecule has 1 aromatic rings. The van der Waals surface area contributed by atoms with E-state index in [2.05, 4.69) is 36.5 Å². The first-order valence-corrected chi connectivity index (χ1v) is 6.11. The Kier molecular flexibility index (Phi) is 3.97. The van der Waals surface area contributed by atoms with Gasteiger partial charge in [0.15, 0.2) is 0 Å². The van der Waals surface area contributed by atoms with E-state index in [-0.39, 0.29) is 0 Å². The van der Waals surface area contributed by atoms with Crippen molar-refractivity contribution in [2.24, 2.45) is 5.92 Å². The number of likely N-dealkylation sites (N-methyl/N-ethyl adjacent to an activating group) is 1. The highest BCUT2D eigenvalue weighted by Crippen LogP contribution is 2.29. The average Bonchev–Trinajstić information content (AvgIpc) is 3.08. The SMILES string of the molecule is CNC(COCC1CC1)c1cccc(C)c1. The molecule has 2 heteroatoms. The van der Waals surface area contributed by atoms with Gasteiger partial charge >= 0.3 is 0 Å². The molecule has 1 aromatic carbocycles. The van der Waals surface area contributed by atoms with Gasteiger partial charge in [-0.15, -0.1) is 0 Å². The first kappa shape index (κ1) is 11.6. The number of benzene rings is 1. The maximum atomic E-state index is 5.74. The third kappa shape index (κ3) is 3.32. The predicted octanol–water partition coefficient (Wildman–Crippen LogP) is 2.68. The van der Waals surface area contributed by atoms with E-state index in [1.165, 1.54) is 24.0 Å². The molecule has 0 saturated heterocycles. The van der Waals surface area contributed by atoms with Crippen LogP contribution in [0.25, 0.3) is 0 Å². The first-order chi connectivity index (χ1) is 7.79. The standard InChI is InChI=1S/C14H21NO/c1-11-4-3-5-13(8-11)14(15-2)10-16-9-12-6-7-12/h3-5,8,12,14-15H,6-7,9-10H2,1-2H3. The van der Waals surface area contributed by atoms with E-state index in [1.807, 2.05) is 7.05 Å². The summed E-state index contributed by atoms with van der Waals surface area (Å²) in [5.41, 5.74) is 2.62.